The lowest BCUT2D eigenvalue weighted by molar-refractivity contribution is -0.142. The van der Waals surface area contributed by atoms with E-state index >= 15 is 0 Å². The first-order valence-electron chi connectivity index (χ1n) is 12.4. The number of hydrogen-bond acceptors (Lipinski definition) is 4. The fourth-order valence-electron chi connectivity index (χ4n) is 6.35. The second-order valence-corrected chi connectivity index (χ2v) is 11.4. The molecular weight excluding hydrogens is 443 g/mol. The minimum Gasteiger partial charge on any atom is -0.388 e. The largest absolute Gasteiger partial charge is 0.416 e. The summed E-state index contributed by atoms with van der Waals surface area (Å²) in [6, 6.07) is 0. The molecule has 1 spiro atoms. The Bertz CT molecular complexity index is 1030. The molecule has 1 fully saturated rings. The van der Waals surface area contributed by atoms with Gasteiger partial charge in [0.2, 0.25) is 0 Å². The molecule has 3 atom stereocenters. The van der Waals surface area contributed by atoms with Crippen LogP contribution in [-0.2, 0) is 21.5 Å². The molecule has 2 aliphatic heterocycles. The van der Waals surface area contributed by atoms with Gasteiger partial charge in [0.25, 0.3) is 0 Å². The monoisotopic (exact) mass is 477 g/mol. The lowest BCUT2D eigenvalue weighted by atomic mass is 9.69. The van der Waals surface area contributed by atoms with Gasteiger partial charge in [0, 0.05) is 54.5 Å². The van der Waals surface area contributed by atoms with Crippen molar-refractivity contribution in [1.82, 2.24) is 4.98 Å². The van der Waals surface area contributed by atoms with Crippen molar-refractivity contribution in [3.8, 4) is 0 Å². The zero-order chi connectivity index (χ0) is 24.5. The van der Waals surface area contributed by atoms with E-state index < -0.39 is 29.6 Å². The number of fused-ring (bicyclic) bond motifs is 4. The normalized spacial score (nSPS) is 29.8. The molecule has 4 aliphatic rings. The Hall–Kier alpha value is -1.70. The van der Waals surface area contributed by atoms with E-state index in [9.17, 15) is 18.3 Å². The summed E-state index contributed by atoms with van der Waals surface area (Å²) in [4.78, 5) is 5.12. The second kappa shape index (κ2) is 8.17. The minimum absolute atomic E-state index is 0.0610. The lowest BCUT2D eigenvalue weighted by Gasteiger charge is -2.40. The number of nitrogens with zero attached hydrogens (tertiary/aromatic N) is 1. The third-order valence-corrected chi connectivity index (χ3v) is 7.90. The molecule has 2 aliphatic carbocycles. The number of pyridine rings is 1. The maximum Gasteiger partial charge on any atom is 0.416 e. The van der Waals surface area contributed by atoms with Gasteiger partial charge in [-0.3, -0.25) is 4.98 Å². The molecule has 3 unspecified atom stereocenters. The molecule has 0 bridgehead atoms. The molecule has 3 heterocycles. The molecule has 0 saturated carbocycles. The Morgan fingerprint density at radius 1 is 1.15 bits per heavy atom. The van der Waals surface area contributed by atoms with Gasteiger partial charge in [-0.25, -0.2) is 0 Å². The van der Waals surface area contributed by atoms with Crippen LogP contribution in [0, 0.1) is 11.3 Å². The summed E-state index contributed by atoms with van der Waals surface area (Å²) in [5, 5.41) is 11.4. The Morgan fingerprint density at radius 2 is 1.85 bits per heavy atom. The molecule has 34 heavy (non-hydrogen) atoms. The zero-order valence-electron chi connectivity index (χ0n) is 20.3. The molecule has 4 nitrogen and oxygen atoms in total. The van der Waals surface area contributed by atoms with Crippen LogP contribution in [0.25, 0.3) is 0 Å². The fourth-order valence-corrected chi connectivity index (χ4v) is 6.35. The highest BCUT2D eigenvalue weighted by molar-refractivity contribution is 5.52. The molecule has 1 aromatic heterocycles. The van der Waals surface area contributed by atoms with Gasteiger partial charge in [-0.2, -0.15) is 13.2 Å². The number of halogens is 3. The van der Waals surface area contributed by atoms with E-state index in [0.717, 1.165) is 34.5 Å². The van der Waals surface area contributed by atoms with Gasteiger partial charge in [0.05, 0.1) is 23.4 Å². The van der Waals surface area contributed by atoms with Crippen LogP contribution in [0.5, 0.6) is 0 Å². The molecule has 7 heteroatoms. The Morgan fingerprint density at radius 3 is 2.44 bits per heavy atom. The summed E-state index contributed by atoms with van der Waals surface area (Å²) >= 11 is 0. The van der Waals surface area contributed by atoms with E-state index in [4.69, 9.17) is 14.5 Å². The standard InChI is InChI=1S/C27H34F3NO3/c1-15(2)23-21-22(20-18(31-23)13-25(3,4)14-19(20)32)26(9-11-33-12-10-26)34-24(21)16-5-7-17(8-6-16)27(28,29)30/h5,7-8,15-16,19,24,32H,6,9-14H2,1-4H3. The average Bonchev–Trinajstić information content (AvgIpc) is 3.06. The molecular formula is C27H34F3NO3. The molecule has 1 N–H and O–H groups in total. The zero-order valence-corrected chi connectivity index (χ0v) is 20.3. The lowest BCUT2D eigenvalue weighted by Crippen LogP contribution is -2.37. The van der Waals surface area contributed by atoms with Gasteiger partial charge >= 0.3 is 6.18 Å². The predicted molar refractivity (Wildman–Crippen MR) is 122 cm³/mol. The van der Waals surface area contributed by atoms with Crippen molar-refractivity contribution in [2.24, 2.45) is 11.3 Å². The third kappa shape index (κ3) is 3.94. The summed E-state index contributed by atoms with van der Waals surface area (Å²) < 4.78 is 52.3. The van der Waals surface area contributed by atoms with E-state index in [1.165, 1.54) is 12.2 Å². The quantitative estimate of drug-likeness (QED) is 0.539. The number of aliphatic hydroxyl groups excluding tert-OH is 1. The highest BCUT2D eigenvalue weighted by Crippen LogP contribution is 2.58. The molecule has 1 aromatic rings. The third-order valence-electron chi connectivity index (χ3n) is 7.90. The maximum atomic E-state index is 13.2. The summed E-state index contributed by atoms with van der Waals surface area (Å²) in [5.74, 6) is -0.0993. The Kier molecular flexibility index (Phi) is 5.77. The molecule has 0 radical (unpaired) electrons. The number of aliphatic hydroxyl groups is 1. The topological polar surface area (TPSA) is 51.6 Å². The average molecular weight is 478 g/mol. The molecule has 0 amide bonds. The Labute approximate surface area is 199 Å². The minimum atomic E-state index is -4.35. The van der Waals surface area contributed by atoms with E-state index in [1.54, 1.807) is 6.08 Å². The van der Waals surface area contributed by atoms with Crippen molar-refractivity contribution in [2.45, 2.75) is 89.7 Å². The predicted octanol–water partition coefficient (Wildman–Crippen LogP) is 6.35. The van der Waals surface area contributed by atoms with Crippen molar-refractivity contribution >= 4 is 0 Å². The summed E-state index contributed by atoms with van der Waals surface area (Å²) in [6.07, 6.45) is 1.75. The van der Waals surface area contributed by atoms with Crippen molar-refractivity contribution < 1.29 is 27.8 Å². The van der Waals surface area contributed by atoms with E-state index in [-0.39, 0.29) is 23.7 Å². The number of allylic oxidation sites excluding steroid dienone is 3. The number of alkyl halides is 3. The van der Waals surface area contributed by atoms with Crippen molar-refractivity contribution in [1.29, 1.82) is 0 Å². The van der Waals surface area contributed by atoms with Gasteiger partial charge < -0.3 is 14.6 Å². The van der Waals surface area contributed by atoms with Crippen molar-refractivity contribution in [3.05, 3.63) is 51.9 Å². The number of hydrogen-bond donors (Lipinski definition) is 1. The fraction of sp³-hybridized carbons (Fsp3) is 0.667. The summed E-state index contributed by atoms with van der Waals surface area (Å²) in [7, 11) is 0. The molecule has 186 valence electrons. The van der Waals surface area contributed by atoms with Crippen LogP contribution >= 0.6 is 0 Å². The van der Waals surface area contributed by atoms with Crippen LogP contribution in [0.4, 0.5) is 13.2 Å². The highest BCUT2D eigenvalue weighted by Gasteiger charge is 2.53. The first-order valence-corrected chi connectivity index (χ1v) is 12.4. The highest BCUT2D eigenvalue weighted by atomic mass is 19.4. The Balaban J connectivity index is 1.67. The van der Waals surface area contributed by atoms with Crippen LogP contribution < -0.4 is 0 Å². The van der Waals surface area contributed by atoms with Crippen LogP contribution in [0.1, 0.15) is 99.6 Å². The van der Waals surface area contributed by atoms with Gasteiger partial charge in [-0.05, 0) is 36.2 Å². The summed E-state index contributed by atoms with van der Waals surface area (Å²) in [5.41, 5.74) is 3.57. The number of rotatable bonds is 2. The van der Waals surface area contributed by atoms with Crippen LogP contribution in [0.15, 0.2) is 23.8 Å². The van der Waals surface area contributed by atoms with E-state index in [1.807, 2.05) is 0 Å². The number of aromatic nitrogens is 1. The number of ether oxygens (including phenoxy) is 2. The molecule has 0 aromatic carbocycles. The first-order chi connectivity index (χ1) is 15.9. The summed E-state index contributed by atoms with van der Waals surface area (Å²) in [6.45, 7) is 9.63. The van der Waals surface area contributed by atoms with E-state index in [0.29, 0.717) is 32.5 Å². The molecule has 1 saturated heterocycles. The smallest absolute Gasteiger partial charge is 0.388 e. The van der Waals surface area contributed by atoms with Gasteiger partial charge in [-0.1, -0.05) is 45.9 Å². The van der Waals surface area contributed by atoms with E-state index in [2.05, 4.69) is 27.7 Å². The first kappa shape index (κ1) is 24.0. The SMILES string of the molecule is CC(C)c1nc2c(c3c1C(C1C=CC(C(F)(F)F)=CC1)OC31CCOCC1)C(O)CC(C)(C)C2. The van der Waals surface area contributed by atoms with Crippen molar-refractivity contribution in [2.75, 3.05) is 13.2 Å². The van der Waals surface area contributed by atoms with Gasteiger partial charge in [0.15, 0.2) is 0 Å². The maximum absolute atomic E-state index is 13.2. The van der Waals surface area contributed by atoms with Crippen molar-refractivity contribution in [3.63, 3.8) is 0 Å². The van der Waals surface area contributed by atoms with Crippen LogP contribution in [0.3, 0.4) is 0 Å². The van der Waals surface area contributed by atoms with Gasteiger partial charge in [0.1, 0.15) is 0 Å². The second-order valence-electron chi connectivity index (χ2n) is 11.4. The van der Waals surface area contributed by atoms with Crippen LogP contribution in [-0.4, -0.2) is 29.5 Å². The van der Waals surface area contributed by atoms with Crippen LogP contribution in [0.2, 0.25) is 0 Å². The molecule has 5 rings (SSSR count). The van der Waals surface area contributed by atoms with Gasteiger partial charge in [-0.15, -0.1) is 0 Å².